The van der Waals surface area contributed by atoms with E-state index in [4.69, 9.17) is 4.98 Å². The van der Waals surface area contributed by atoms with Crippen LogP contribution in [0.3, 0.4) is 0 Å². The summed E-state index contributed by atoms with van der Waals surface area (Å²) in [5, 5.41) is 7.23. The Morgan fingerprint density at radius 2 is 1.93 bits per heavy atom. The van der Waals surface area contributed by atoms with Gasteiger partial charge in [0.2, 0.25) is 0 Å². The van der Waals surface area contributed by atoms with E-state index < -0.39 is 11.9 Å². The number of hydrogen-bond donors (Lipinski definition) is 2. The van der Waals surface area contributed by atoms with Crippen LogP contribution in [0.2, 0.25) is 0 Å². The molecule has 3 aromatic rings. The smallest absolute Gasteiger partial charge is 0.380 e. The number of piperidine rings is 1. The maximum atomic E-state index is 12.8. The van der Waals surface area contributed by atoms with Gasteiger partial charge in [-0.05, 0) is 62.6 Å². The summed E-state index contributed by atoms with van der Waals surface area (Å²) in [6, 6.07) is 8.25. The van der Waals surface area contributed by atoms with Gasteiger partial charge in [0.1, 0.15) is 11.2 Å². The predicted octanol–water partition coefficient (Wildman–Crippen LogP) is 4.41. The third kappa shape index (κ3) is 3.64. The number of anilines is 1. The first-order valence-electron chi connectivity index (χ1n) is 9.73. The molecule has 0 aromatic carbocycles. The fraction of sp³-hybridized carbons (Fsp3) is 0.381. The lowest BCUT2D eigenvalue weighted by atomic mass is 9.97. The van der Waals surface area contributed by atoms with Gasteiger partial charge in [-0.2, -0.15) is 13.2 Å². The van der Waals surface area contributed by atoms with Crippen molar-refractivity contribution in [3.8, 4) is 11.3 Å². The van der Waals surface area contributed by atoms with E-state index in [9.17, 15) is 13.2 Å². The van der Waals surface area contributed by atoms with Gasteiger partial charge >= 0.3 is 6.18 Å². The minimum Gasteiger partial charge on any atom is -0.380 e. The van der Waals surface area contributed by atoms with E-state index in [0.717, 1.165) is 36.7 Å². The Bertz CT molecular complexity index is 1040. The maximum absolute atomic E-state index is 12.8. The van der Waals surface area contributed by atoms with Crippen molar-refractivity contribution in [3.05, 3.63) is 48.4 Å². The number of halogens is 3. The molecule has 1 atom stereocenters. The van der Waals surface area contributed by atoms with Gasteiger partial charge in [0.15, 0.2) is 0 Å². The molecule has 29 heavy (non-hydrogen) atoms. The minimum absolute atomic E-state index is 0.309. The average Bonchev–Trinajstić information content (AvgIpc) is 3.45. The zero-order valence-corrected chi connectivity index (χ0v) is 15.6. The average molecular weight is 399 g/mol. The van der Waals surface area contributed by atoms with Gasteiger partial charge in [0.25, 0.3) is 0 Å². The second-order valence-corrected chi connectivity index (χ2v) is 7.89. The summed E-state index contributed by atoms with van der Waals surface area (Å²) in [6.07, 6.45) is 3.08. The molecular formula is C21H20F3N5. The van der Waals surface area contributed by atoms with Crippen LogP contribution in [-0.2, 0) is 6.18 Å². The van der Waals surface area contributed by atoms with Crippen LogP contribution in [0, 0.1) is 0 Å². The number of pyridine rings is 3. The van der Waals surface area contributed by atoms with Crippen molar-refractivity contribution in [2.24, 2.45) is 0 Å². The van der Waals surface area contributed by atoms with Crippen molar-refractivity contribution < 1.29 is 13.2 Å². The van der Waals surface area contributed by atoms with Crippen molar-refractivity contribution in [3.63, 3.8) is 0 Å². The Labute approximate surface area is 165 Å². The number of hydrogen-bond acceptors (Lipinski definition) is 5. The van der Waals surface area contributed by atoms with Gasteiger partial charge in [-0.15, -0.1) is 0 Å². The molecule has 0 bridgehead atoms. The first kappa shape index (κ1) is 18.3. The first-order chi connectivity index (χ1) is 13.9. The second kappa shape index (κ2) is 6.66. The van der Waals surface area contributed by atoms with Crippen LogP contribution in [0.15, 0.2) is 42.7 Å². The van der Waals surface area contributed by atoms with Crippen LogP contribution >= 0.6 is 0 Å². The molecule has 0 amide bonds. The summed E-state index contributed by atoms with van der Waals surface area (Å²) in [6.45, 7) is 0.997. The highest BCUT2D eigenvalue weighted by atomic mass is 19.4. The van der Waals surface area contributed by atoms with Gasteiger partial charge in [-0.25, -0.2) is 4.98 Å². The van der Waals surface area contributed by atoms with Crippen LogP contribution in [0.1, 0.15) is 31.4 Å². The normalized spacial score (nSPS) is 20.7. The summed E-state index contributed by atoms with van der Waals surface area (Å²) in [5.74, 6) is 0. The summed E-state index contributed by atoms with van der Waals surface area (Å²) in [5.41, 5.74) is 2.86. The molecule has 1 saturated carbocycles. The number of aromatic nitrogens is 3. The Balaban J connectivity index is 1.45. The molecule has 2 fully saturated rings. The lowest BCUT2D eigenvalue weighted by Gasteiger charge is -2.31. The SMILES string of the molecule is FC(F)(F)c1ccc(-c2ccc3nccc(NC4CCNC5(CC5)C4)c3n2)cn1. The standard InChI is InChI=1S/C21H20F3N5/c22-21(23,24)18-4-1-13(12-26-18)15-2-3-16-19(29-15)17(6-9-25-16)28-14-5-10-27-20(11-14)7-8-20/h1-4,6,9,12,14,27H,5,7-8,10-11H2,(H,25,28). The zero-order chi connectivity index (χ0) is 20.1. The Morgan fingerprint density at radius 1 is 1.07 bits per heavy atom. The van der Waals surface area contributed by atoms with Crippen LogP contribution in [0.25, 0.3) is 22.3 Å². The highest BCUT2D eigenvalue weighted by Crippen LogP contribution is 2.42. The van der Waals surface area contributed by atoms with Crippen LogP contribution in [0.5, 0.6) is 0 Å². The molecule has 4 heterocycles. The summed E-state index contributed by atoms with van der Waals surface area (Å²) >= 11 is 0. The zero-order valence-electron chi connectivity index (χ0n) is 15.6. The largest absolute Gasteiger partial charge is 0.433 e. The van der Waals surface area contributed by atoms with Crippen molar-refractivity contribution in [1.82, 2.24) is 20.3 Å². The first-order valence-corrected chi connectivity index (χ1v) is 9.73. The quantitative estimate of drug-likeness (QED) is 0.683. The lowest BCUT2D eigenvalue weighted by Crippen LogP contribution is -2.44. The molecule has 8 heteroatoms. The third-order valence-electron chi connectivity index (χ3n) is 5.78. The van der Waals surface area contributed by atoms with Gasteiger partial charge in [0, 0.05) is 29.5 Å². The highest BCUT2D eigenvalue weighted by molar-refractivity contribution is 5.89. The van der Waals surface area contributed by atoms with Gasteiger partial charge in [-0.3, -0.25) is 9.97 Å². The second-order valence-electron chi connectivity index (χ2n) is 7.89. The van der Waals surface area contributed by atoms with Gasteiger partial charge in [0.05, 0.1) is 16.9 Å². The Morgan fingerprint density at radius 3 is 2.66 bits per heavy atom. The van der Waals surface area contributed by atoms with Crippen LogP contribution in [-0.4, -0.2) is 33.1 Å². The molecule has 3 aromatic heterocycles. The van der Waals surface area contributed by atoms with Crippen molar-refractivity contribution in [2.45, 2.75) is 43.4 Å². The van der Waals surface area contributed by atoms with E-state index in [1.807, 2.05) is 12.1 Å². The van der Waals surface area contributed by atoms with E-state index in [-0.39, 0.29) is 0 Å². The molecule has 0 radical (unpaired) electrons. The molecule has 5 rings (SSSR count). The monoisotopic (exact) mass is 399 g/mol. The molecule has 1 unspecified atom stereocenters. The highest BCUT2D eigenvalue weighted by Gasteiger charge is 2.45. The van der Waals surface area contributed by atoms with E-state index >= 15 is 0 Å². The molecule has 1 aliphatic heterocycles. The molecule has 2 N–H and O–H groups in total. The number of nitrogens with one attached hydrogen (secondary N) is 2. The van der Waals surface area contributed by atoms with Gasteiger partial charge in [-0.1, -0.05) is 0 Å². The summed E-state index contributed by atoms with van der Waals surface area (Å²) in [7, 11) is 0. The maximum Gasteiger partial charge on any atom is 0.433 e. The molecular weight excluding hydrogens is 379 g/mol. The van der Waals surface area contributed by atoms with Crippen molar-refractivity contribution in [2.75, 3.05) is 11.9 Å². The van der Waals surface area contributed by atoms with Gasteiger partial charge < -0.3 is 10.6 Å². The van der Waals surface area contributed by atoms with E-state index in [0.29, 0.717) is 28.4 Å². The predicted molar refractivity (Wildman–Crippen MR) is 104 cm³/mol. The Kier molecular flexibility index (Phi) is 4.20. The lowest BCUT2D eigenvalue weighted by molar-refractivity contribution is -0.141. The molecule has 1 spiro atoms. The van der Waals surface area contributed by atoms with Crippen LogP contribution in [0.4, 0.5) is 18.9 Å². The third-order valence-corrected chi connectivity index (χ3v) is 5.78. The molecule has 1 saturated heterocycles. The number of nitrogens with zero attached hydrogens (tertiary/aromatic N) is 3. The van der Waals surface area contributed by atoms with Crippen molar-refractivity contribution in [1.29, 1.82) is 0 Å². The summed E-state index contributed by atoms with van der Waals surface area (Å²) < 4.78 is 38.3. The number of rotatable bonds is 3. The molecule has 150 valence electrons. The number of alkyl halides is 3. The minimum atomic E-state index is -4.45. The topological polar surface area (TPSA) is 62.7 Å². The van der Waals surface area contributed by atoms with Crippen LogP contribution < -0.4 is 10.6 Å². The molecule has 2 aliphatic rings. The number of fused-ring (bicyclic) bond motifs is 1. The summed E-state index contributed by atoms with van der Waals surface area (Å²) in [4.78, 5) is 12.6. The van der Waals surface area contributed by atoms with E-state index in [1.165, 1.54) is 25.1 Å². The molecule has 5 nitrogen and oxygen atoms in total. The van der Waals surface area contributed by atoms with E-state index in [2.05, 4.69) is 20.6 Å². The fourth-order valence-corrected chi connectivity index (χ4v) is 4.05. The van der Waals surface area contributed by atoms with E-state index in [1.54, 1.807) is 12.3 Å². The molecule has 1 aliphatic carbocycles. The fourth-order valence-electron chi connectivity index (χ4n) is 4.05. The van der Waals surface area contributed by atoms with Crippen molar-refractivity contribution >= 4 is 16.7 Å². The Hall–Kier alpha value is -2.74.